The summed E-state index contributed by atoms with van der Waals surface area (Å²) in [5, 5.41) is 3.11. The van der Waals surface area contributed by atoms with Gasteiger partial charge in [0.25, 0.3) is 0 Å². The summed E-state index contributed by atoms with van der Waals surface area (Å²) in [7, 11) is 0. The van der Waals surface area contributed by atoms with Gasteiger partial charge in [0.1, 0.15) is 0 Å². The van der Waals surface area contributed by atoms with Crippen molar-refractivity contribution < 1.29 is 4.79 Å². The van der Waals surface area contributed by atoms with E-state index < -0.39 is 0 Å². The normalized spacial score (nSPS) is 33.5. The monoisotopic (exact) mass is 196 g/mol. The van der Waals surface area contributed by atoms with Crippen molar-refractivity contribution in [3.05, 3.63) is 0 Å². The number of nitrogens with two attached hydrogens (primary N) is 1. The van der Waals surface area contributed by atoms with Crippen molar-refractivity contribution in [1.82, 2.24) is 5.32 Å². The van der Waals surface area contributed by atoms with Gasteiger partial charge in [-0.2, -0.15) is 0 Å². The van der Waals surface area contributed by atoms with Crippen molar-refractivity contribution in [2.75, 3.05) is 0 Å². The zero-order valence-corrected chi connectivity index (χ0v) is 8.67. The molecule has 0 aromatic rings. The summed E-state index contributed by atoms with van der Waals surface area (Å²) in [4.78, 5) is 11.8. The Hall–Kier alpha value is -0.570. The lowest BCUT2D eigenvalue weighted by Crippen LogP contribution is -2.44. The zero-order valence-electron chi connectivity index (χ0n) is 8.67. The highest BCUT2D eigenvalue weighted by atomic mass is 16.1. The van der Waals surface area contributed by atoms with Crippen molar-refractivity contribution in [3.8, 4) is 0 Å². The lowest BCUT2D eigenvalue weighted by Gasteiger charge is -2.31. The molecular weight excluding hydrogens is 176 g/mol. The summed E-state index contributed by atoms with van der Waals surface area (Å²) in [6.45, 7) is 0. The average molecular weight is 196 g/mol. The quantitative estimate of drug-likeness (QED) is 0.696. The van der Waals surface area contributed by atoms with Crippen molar-refractivity contribution in [2.45, 2.75) is 57.0 Å². The van der Waals surface area contributed by atoms with Crippen LogP contribution in [0.25, 0.3) is 0 Å². The minimum atomic E-state index is 0.194. The second-order valence-corrected chi connectivity index (χ2v) is 4.76. The third kappa shape index (κ3) is 2.27. The van der Waals surface area contributed by atoms with Crippen molar-refractivity contribution >= 4 is 5.91 Å². The molecule has 1 amide bonds. The first-order valence-corrected chi connectivity index (χ1v) is 5.81. The van der Waals surface area contributed by atoms with E-state index in [1.807, 2.05) is 0 Å². The molecule has 0 saturated heterocycles. The number of amides is 1. The Bertz CT molecular complexity index is 213. The molecule has 2 saturated carbocycles. The first-order chi connectivity index (χ1) is 6.75. The Balaban J connectivity index is 1.77. The maximum Gasteiger partial charge on any atom is 0.223 e. The number of hydrogen-bond acceptors (Lipinski definition) is 2. The van der Waals surface area contributed by atoms with Crippen molar-refractivity contribution in [3.63, 3.8) is 0 Å². The minimum Gasteiger partial charge on any atom is -0.353 e. The minimum absolute atomic E-state index is 0.194. The lowest BCUT2D eigenvalue weighted by atomic mass is 9.84. The summed E-state index contributed by atoms with van der Waals surface area (Å²) in [5.74, 6) is 0.448. The molecule has 80 valence electrons. The van der Waals surface area contributed by atoms with E-state index in [9.17, 15) is 4.79 Å². The second kappa shape index (κ2) is 4.30. The van der Waals surface area contributed by atoms with Gasteiger partial charge in [-0.05, 0) is 38.5 Å². The van der Waals surface area contributed by atoms with Gasteiger partial charge in [-0.15, -0.1) is 0 Å². The fraction of sp³-hybridized carbons (Fsp3) is 0.909. The SMILES string of the molecule is N[C@@H]1CCC[C@H](C(=O)NC2CCC2)C1. The zero-order chi connectivity index (χ0) is 9.97. The molecule has 0 radical (unpaired) electrons. The average Bonchev–Trinajstić information content (AvgIpc) is 2.11. The smallest absolute Gasteiger partial charge is 0.223 e. The van der Waals surface area contributed by atoms with E-state index in [1.165, 1.54) is 19.3 Å². The first-order valence-electron chi connectivity index (χ1n) is 5.81. The van der Waals surface area contributed by atoms with Crippen LogP contribution in [0.1, 0.15) is 44.9 Å². The van der Waals surface area contributed by atoms with E-state index in [-0.39, 0.29) is 17.9 Å². The largest absolute Gasteiger partial charge is 0.353 e. The Morgan fingerprint density at radius 1 is 1.14 bits per heavy atom. The van der Waals surface area contributed by atoms with Crippen LogP contribution in [0, 0.1) is 5.92 Å². The number of rotatable bonds is 2. The van der Waals surface area contributed by atoms with E-state index in [4.69, 9.17) is 5.73 Å². The van der Waals surface area contributed by atoms with Gasteiger partial charge < -0.3 is 11.1 Å². The highest BCUT2D eigenvalue weighted by molar-refractivity contribution is 5.79. The van der Waals surface area contributed by atoms with Gasteiger partial charge >= 0.3 is 0 Å². The molecule has 3 N–H and O–H groups in total. The molecule has 0 unspecified atom stereocenters. The van der Waals surface area contributed by atoms with E-state index in [0.29, 0.717) is 6.04 Å². The maximum absolute atomic E-state index is 11.8. The van der Waals surface area contributed by atoms with Gasteiger partial charge in [-0.1, -0.05) is 6.42 Å². The molecule has 0 bridgehead atoms. The maximum atomic E-state index is 11.8. The molecule has 0 aromatic heterocycles. The van der Waals surface area contributed by atoms with Crippen LogP contribution in [0.4, 0.5) is 0 Å². The van der Waals surface area contributed by atoms with Crippen LogP contribution in [-0.2, 0) is 4.79 Å². The molecule has 3 heteroatoms. The first kappa shape index (κ1) is 9.97. The van der Waals surface area contributed by atoms with E-state index in [0.717, 1.165) is 25.7 Å². The van der Waals surface area contributed by atoms with Crippen LogP contribution in [-0.4, -0.2) is 18.0 Å². The van der Waals surface area contributed by atoms with Crippen molar-refractivity contribution in [2.24, 2.45) is 11.7 Å². The van der Waals surface area contributed by atoms with Crippen LogP contribution in [0.2, 0.25) is 0 Å². The molecule has 2 aliphatic carbocycles. The van der Waals surface area contributed by atoms with E-state index in [1.54, 1.807) is 0 Å². The number of hydrogen-bond donors (Lipinski definition) is 2. The van der Waals surface area contributed by atoms with Crippen LogP contribution >= 0.6 is 0 Å². The number of carbonyl (C=O) groups is 1. The second-order valence-electron chi connectivity index (χ2n) is 4.76. The van der Waals surface area contributed by atoms with Gasteiger partial charge in [0.15, 0.2) is 0 Å². The van der Waals surface area contributed by atoms with Crippen LogP contribution < -0.4 is 11.1 Å². The van der Waals surface area contributed by atoms with E-state index in [2.05, 4.69) is 5.32 Å². The standard InChI is InChI=1S/C11H20N2O/c12-9-4-1-3-8(7-9)11(14)13-10-5-2-6-10/h8-10H,1-7,12H2,(H,13,14)/t8-,9+/m0/s1. The molecule has 3 nitrogen and oxygen atoms in total. The third-order valence-corrected chi connectivity index (χ3v) is 3.54. The predicted octanol–water partition coefficient (Wildman–Crippen LogP) is 1.17. The molecule has 14 heavy (non-hydrogen) atoms. The Morgan fingerprint density at radius 2 is 1.86 bits per heavy atom. The van der Waals surface area contributed by atoms with Gasteiger partial charge in [0.2, 0.25) is 5.91 Å². The van der Waals surface area contributed by atoms with Gasteiger partial charge in [-0.25, -0.2) is 0 Å². The highest BCUT2D eigenvalue weighted by Gasteiger charge is 2.28. The summed E-state index contributed by atoms with van der Waals surface area (Å²) in [6.07, 6.45) is 7.74. The molecule has 0 aliphatic heterocycles. The molecule has 2 fully saturated rings. The predicted molar refractivity (Wildman–Crippen MR) is 55.7 cm³/mol. The Morgan fingerprint density at radius 3 is 2.43 bits per heavy atom. The molecule has 0 spiro atoms. The van der Waals surface area contributed by atoms with Gasteiger partial charge in [0, 0.05) is 18.0 Å². The number of carbonyl (C=O) groups excluding carboxylic acids is 1. The summed E-state index contributed by atoms with van der Waals surface area (Å²) in [5.41, 5.74) is 5.86. The Kier molecular flexibility index (Phi) is 3.06. The highest BCUT2D eigenvalue weighted by Crippen LogP contribution is 2.25. The van der Waals surface area contributed by atoms with Crippen LogP contribution in [0.5, 0.6) is 0 Å². The van der Waals surface area contributed by atoms with Crippen LogP contribution in [0.3, 0.4) is 0 Å². The Labute approximate surface area is 85.4 Å². The molecule has 0 heterocycles. The molecule has 2 aliphatic rings. The fourth-order valence-electron chi connectivity index (χ4n) is 2.34. The van der Waals surface area contributed by atoms with Gasteiger partial charge in [-0.3, -0.25) is 4.79 Å². The lowest BCUT2D eigenvalue weighted by molar-refractivity contribution is -0.127. The van der Waals surface area contributed by atoms with Crippen LogP contribution in [0.15, 0.2) is 0 Å². The summed E-state index contributed by atoms with van der Waals surface area (Å²) < 4.78 is 0. The van der Waals surface area contributed by atoms with Crippen molar-refractivity contribution in [1.29, 1.82) is 0 Å². The fourth-order valence-corrected chi connectivity index (χ4v) is 2.34. The molecular formula is C11H20N2O. The number of nitrogens with one attached hydrogen (secondary N) is 1. The summed E-state index contributed by atoms with van der Waals surface area (Å²) >= 11 is 0. The van der Waals surface area contributed by atoms with Gasteiger partial charge in [0.05, 0.1) is 0 Å². The molecule has 2 rings (SSSR count). The third-order valence-electron chi connectivity index (χ3n) is 3.54. The van der Waals surface area contributed by atoms with E-state index >= 15 is 0 Å². The molecule has 2 atom stereocenters. The topological polar surface area (TPSA) is 55.1 Å². The summed E-state index contributed by atoms with van der Waals surface area (Å²) in [6, 6.07) is 0.724. The molecule has 0 aromatic carbocycles.